The lowest BCUT2D eigenvalue weighted by molar-refractivity contribution is -0.150. The number of likely N-dealkylation sites (N-methyl/N-ethyl adjacent to an activating group) is 1. The summed E-state index contributed by atoms with van der Waals surface area (Å²) in [6.07, 6.45) is 1.01. The van der Waals surface area contributed by atoms with Gasteiger partial charge in [0.2, 0.25) is 5.91 Å². The molecule has 0 heterocycles. The molecule has 0 saturated carbocycles. The lowest BCUT2D eigenvalue weighted by Gasteiger charge is -2.21. The van der Waals surface area contributed by atoms with E-state index >= 15 is 0 Å². The highest BCUT2D eigenvalue weighted by molar-refractivity contribution is 9.10. The summed E-state index contributed by atoms with van der Waals surface area (Å²) in [6.45, 7) is 2.21. The zero-order chi connectivity index (χ0) is 14.4. The summed E-state index contributed by atoms with van der Waals surface area (Å²) in [5, 5.41) is 8.97. The first-order chi connectivity index (χ1) is 8.97. The van der Waals surface area contributed by atoms with Gasteiger partial charge in [-0.25, -0.2) is 0 Å². The van der Waals surface area contributed by atoms with Gasteiger partial charge in [0.1, 0.15) is 5.92 Å². The highest BCUT2D eigenvalue weighted by Crippen LogP contribution is 2.17. The van der Waals surface area contributed by atoms with Gasteiger partial charge in [-0.05, 0) is 24.5 Å². The van der Waals surface area contributed by atoms with Crippen molar-refractivity contribution in [2.45, 2.75) is 19.8 Å². The van der Waals surface area contributed by atoms with Gasteiger partial charge in [-0.3, -0.25) is 9.59 Å². The van der Waals surface area contributed by atoms with Gasteiger partial charge in [-0.2, -0.15) is 0 Å². The van der Waals surface area contributed by atoms with E-state index in [1.54, 1.807) is 14.0 Å². The molecule has 0 aliphatic carbocycles. The predicted octanol–water partition coefficient (Wildman–Crippen LogP) is 2.56. The van der Waals surface area contributed by atoms with Crippen LogP contribution in [0.4, 0.5) is 0 Å². The average molecular weight is 328 g/mol. The summed E-state index contributed by atoms with van der Waals surface area (Å²) in [4.78, 5) is 24.4. The van der Waals surface area contributed by atoms with E-state index in [2.05, 4.69) is 15.9 Å². The maximum atomic E-state index is 12.0. The molecular formula is C14H18BrNO3. The minimum Gasteiger partial charge on any atom is -0.481 e. The predicted molar refractivity (Wildman–Crippen MR) is 76.9 cm³/mol. The van der Waals surface area contributed by atoms with Crippen LogP contribution in [0.5, 0.6) is 0 Å². The Labute approximate surface area is 121 Å². The molecular weight excluding hydrogens is 310 g/mol. The maximum Gasteiger partial charge on any atom is 0.316 e. The van der Waals surface area contributed by atoms with Crippen LogP contribution in [0, 0.1) is 5.92 Å². The summed E-state index contributed by atoms with van der Waals surface area (Å²) >= 11 is 3.45. The molecule has 1 unspecified atom stereocenters. The number of hydrogen-bond acceptors (Lipinski definition) is 2. The van der Waals surface area contributed by atoms with E-state index in [-0.39, 0.29) is 5.91 Å². The van der Waals surface area contributed by atoms with Crippen molar-refractivity contribution in [3.05, 3.63) is 34.3 Å². The van der Waals surface area contributed by atoms with Gasteiger partial charge in [0.15, 0.2) is 0 Å². The van der Waals surface area contributed by atoms with Crippen LogP contribution in [0.2, 0.25) is 0 Å². The average Bonchev–Trinajstić information content (AvgIpc) is 2.37. The lowest BCUT2D eigenvalue weighted by Crippen LogP contribution is -2.37. The second kappa shape index (κ2) is 7.28. The van der Waals surface area contributed by atoms with Gasteiger partial charge >= 0.3 is 5.97 Å². The van der Waals surface area contributed by atoms with Crippen LogP contribution in [0.15, 0.2) is 28.7 Å². The minimum atomic E-state index is -1.06. The molecule has 1 aromatic rings. The largest absolute Gasteiger partial charge is 0.481 e. The molecule has 104 valence electrons. The number of carbonyl (C=O) groups excluding carboxylic acids is 1. The molecule has 0 fully saturated rings. The molecule has 0 saturated heterocycles. The van der Waals surface area contributed by atoms with E-state index in [1.165, 1.54) is 4.90 Å². The van der Waals surface area contributed by atoms with Crippen molar-refractivity contribution in [2.24, 2.45) is 5.92 Å². The number of nitrogens with zero attached hydrogens (tertiary/aromatic N) is 1. The quantitative estimate of drug-likeness (QED) is 0.817. The molecule has 0 aromatic heterocycles. The SMILES string of the molecule is CCC(C(=O)O)C(=O)N(C)CCc1ccccc1Br. The molecule has 19 heavy (non-hydrogen) atoms. The Bertz CT molecular complexity index is 462. The van der Waals surface area contributed by atoms with Crippen molar-refractivity contribution in [2.75, 3.05) is 13.6 Å². The fourth-order valence-electron chi connectivity index (χ4n) is 1.82. The van der Waals surface area contributed by atoms with E-state index in [0.717, 1.165) is 10.0 Å². The number of halogens is 1. The van der Waals surface area contributed by atoms with E-state index in [9.17, 15) is 9.59 Å². The molecule has 5 heteroatoms. The maximum absolute atomic E-state index is 12.0. The Morgan fingerprint density at radius 3 is 2.53 bits per heavy atom. The number of rotatable bonds is 6. The topological polar surface area (TPSA) is 57.6 Å². The van der Waals surface area contributed by atoms with Gasteiger partial charge < -0.3 is 10.0 Å². The summed E-state index contributed by atoms with van der Waals surface area (Å²) < 4.78 is 1.00. The number of carboxylic acids is 1. The van der Waals surface area contributed by atoms with Crippen LogP contribution < -0.4 is 0 Å². The zero-order valence-electron chi connectivity index (χ0n) is 11.1. The van der Waals surface area contributed by atoms with Gasteiger partial charge in [-0.15, -0.1) is 0 Å². The van der Waals surface area contributed by atoms with Crippen molar-refractivity contribution in [3.8, 4) is 0 Å². The number of amides is 1. The summed E-state index contributed by atoms with van der Waals surface area (Å²) in [6, 6.07) is 7.80. The van der Waals surface area contributed by atoms with Crippen molar-refractivity contribution in [1.82, 2.24) is 4.90 Å². The van der Waals surface area contributed by atoms with Crippen LogP contribution in [0.1, 0.15) is 18.9 Å². The Morgan fingerprint density at radius 2 is 2.00 bits per heavy atom. The molecule has 4 nitrogen and oxygen atoms in total. The minimum absolute atomic E-state index is 0.313. The third kappa shape index (κ3) is 4.35. The summed E-state index contributed by atoms with van der Waals surface area (Å²) in [5.41, 5.74) is 1.10. The zero-order valence-corrected chi connectivity index (χ0v) is 12.7. The molecule has 0 bridgehead atoms. The first-order valence-electron chi connectivity index (χ1n) is 6.18. The number of benzene rings is 1. The Balaban J connectivity index is 2.60. The monoisotopic (exact) mass is 327 g/mol. The second-order valence-electron chi connectivity index (χ2n) is 4.40. The lowest BCUT2D eigenvalue weighted by atomic mass is 10.1. The highest BCUT2D eigenvalue weighted by atomic mass is 79.9. The van der Waals surface area contributed by atoms with Gasteiger partial charge in [-0.1, -0.05) is 41.1 Å². The summed E-state index contributed by atoms with van der Waals surface area (Å²) in [7, 11) is 1.64. The Kier molecular flexibility index (Phi) is 6.02. The number of carbonyl (C=O) groups is 2. The number of carboxylic acid groups (broad SMARTS) is 1. The molecule has 1 atom stereocenters. The van der Waals surface area contributed by atoms with Crippen LogP contribution in [0.3, 0.4) is 0 Å². The summed E-state index contributed by atoms with van der Waals surface area (Å²) in [5.74, 6) is -2.33. The van der Waals surface area contributed by atoms with E-state index < -0.39 is 11.9 Å². The molecule has 1 amide bonds. The standard InChI is InChI=1S/C14H18BrNO3/c1-3-11(14(18)19)13(17)16(2)9-8-10-6-4-5-7-12(10)15/h4-7,11H,3,8-9H2,1-2H3,(H,18,19). The van der Waals surface area contributed by atoms with Gasteiger partial charge in [0, 0.05) is 18.1 Å². The highest BCUT2D eigenvalue weighted by Gasteiger charge is 2.26. The molecule has 0 radical (unpaired) electrons. The second-order valence-corrected chi connectivity index (χ2v) is 5.25. The fraction of sp³-hybridized carbons (Fsp3) is 0.429. The van der Waals surface area contributed by atoms with E-state index in [0.29, 0.717) is 19.4 Å². The van der Waals surface area contributed by atoms with Crippen LogP contribution in [0.25, 0.3) is 0 Å². The van der Waals surface area contributed by atoms with E-state index in [4.69, 9.17) is 5.11 Å². The Hall–Kier alpha value is -1.36. The van der Waals surface area contributed by atoms with Gasteiger partial charge in [0.05, 0.1) is 0 Å². The Morgan fingerprint density at radius 1 is 1.37 bits per heavy atom. The molecule has 1 aromatic carbocycles. The first kappa shape index (κ1) is 15.7. The third-order valence-corrected chi connectivity index (χ3v) is 3.83. The number of aliphatic carboxylic acids is 1. The molecule has 0 spiro atoms. The van der Waals surface area contributed by atoms with Crippen LogP contribution in [-0.2, 0) is 16.0 Å². The van der Waals surface area contributed by atoms with Crippen molar-refractivity contribution >= 4 is 27.8 Å². The van der Waals surface area contributed by atoms with Gasteiger partial charge in [0.25, 0.3) is 0 Å². The van der Waals surface area contributed by atoms with Crippen LogP contribution in [-0.4, -0.2) is 35.5 Å². The third-order valence-electron chi connectivity index (χ3n) is 3.06. The molecule has 1 rings (SSSR count). The first-order valence-corrected chi connectivity index (χ1v) is 6.97. The van der Waals surface area contributed by atoms with Crippen molar-refractivity contribution in [1.29, 1.82) is 0 Å². The normalized spacial score (nSPS) is 11.9. The van der Waals surface area contributed by atoms with Crippen molar-refractivity contribution in [3.63, 3.8) is 0 Å². The smallest absolute Gasteiger partial charge is 0.316 e. The number of hydrogen-bond donors (Lipinski definition) is 1. The van der Waals surface area contributed by atoms with Crippen molar-refractivity contribution < 1.29 is 14.7 Å². The molecule has 1 N–H and O–H groups in total. The van der Waals surface area contributed by atoms with E-state index in [1.807, 2.05) is 24.3 Å². The fourth-order valence-corrected chi connectivity index (χ4v) is 2.30. The molecule has 0 aliphatic heterocycles. The molecule has 0 aliphatic rings. The van der Waals surface area contributed by atoms with Crippen LogP contribution >= 0.6 is 15.9 Å².